The number of hydrogen-bond donors (Lipinski definition) is 2. The number of halogens is 1. The zero-order valence-corrected chi connectivity index (χ0v) is 10.6. The molecule has 0 aliphatic rings. The Morgan fingerprint density at radius 1 is 1.56 bits per heavy atom. The molecule has 5 heteroatoms. The smallest absolute Gasteiger partial charge is 0.306 e. The first-order chi connectivity index (χ1) is 7.45. The minimum atomic E-state index is -0.859. The number of phenols is 1. The van der Waals surface area contributed by atoms with Crippen LogP contribution < -0.4 is 4.74 Å². The van der Waals surface area contributed by atoms with Crippen LogP contribution in [-0.2, 0) is 11.2 Å². The van der Waals surface area contributed by atoms with Crippen LogP contribution in [0.4, 0.5) is 0 Å². The highest BCUT2D eigenvalue weighted by Gasteiger charge is 2.15. The highest BCUT2D eigenvalue weighted by molar-refractivity contribution is 9.10. The highest BCUT2D eigenvalue weighted by atomic mass is 79.9. The van der Waals surface area contributed by atoms with Gasteiger partial charge in [-0.05, 0) is 24.1 Å². The van der Waals surface area contributed by atoms with Gasteiger partial charge in [-0.15, -0.1) is 0 Å². The maximum Gasteiger partial charge on any atom is 0.306 e. The van der Waals surface area contributed by atoms with Crippen LogP contribution in [0.3, 0.4) is 0 Å². The van der Waals surface area contributed by atoms with Gasteiger partial charge in [-0.1, -0.05) is 22.9 Å². The van der Waals surface area contributed by atoms with E-state index < -0.39 is 11.9 Å². The summed E-state index contributed by atoms with van der Waals surface area (Å²) in [4.78, 5) is 10.7. The molecule has 0 saturated carbocycles. The molecular formula is C11H13BrO4. The maximum atomic E-state index is 10.7. The van der Waals surface area contributed by atoms with E-state index in [1.807, 2.05) is 0 Å². The number of hydrogen-bond acceptors (Lipinski definition) is 3. The summed E-state index contributed by atoms with van der Waals surface area (Å²) in [6.45, 7) is 1.62. The van der Waals surface area contributed by atoms with E-state index in [0.717, 1.165) is 10.0 Å². The van der Waals surface area contributed by atoms with Crippen molar-refractivity contribution in [2.45, 2.75) is 13.3 Å². The first-order valence-corrected chi connectivity index (χ1v) is 5.53. The molecule has 0 aromatic heterocycles. The van der Waals surface area contributed by atoms with Gasteiger partial charge in [-0.2, -0.15) is 0 Å². The van der Waals surface area contributed by atoms with Crippen molar-refractivity contribution in [1.29, 1.82) is 0 Å². The second-order valence-corrected chi connectivity index (χ2v) is 4.41. The summed E-state index contributed by atoms with van der Waals surface area (Å²) in [5, 5.41) is 18.4. The number of carboxylic acid groups (broad SMARTS) is 1. The fourth-order valence-electron chi connectivity index (χ4n) is 1.32. The fourth-order valence-corrected chi connectivity index (χ4v) is 1.81. The van der Waals surface area contributed by atoms with Crippen LogP contribution in [0.25, 0.3) is 0 Å². The molecule has 0 aliphatic carbocycles. The van der Waals surface area contributed by atoms with Gasteiger partial charge in [0.1, 0.15) is 0 Å². The third-order valence-electron chi connectivity index (χ3n) is 2.30. The lowest BCUT2D eigenvalue weighted by Crippen LogP contribution is -2.12. The quantitative estimate of drug-likeness (QED) is 0.893. The van der Waals surface area contributed by atoms with Gasteiger partial charge >= 0.3 is 5.97 Å². The van der Waals surface area contributed by atoms with Crippen LogP contribution in [0.2, 0.25) is 0 Å². The van der Waals surface area contributed by atoms with Gasteiger partial charge in [0.15, 0.2) is 11.5 Å². The topological polar surface area (TPSA) is 66.8 Å². The number of ether oxygens (including phenoxy) is 1. The maximum absolute atomic E-state index is 10.7. The molecule has 0 fully saturated rings. The SMILES string of the molecule is COc1cc(Br)c(CC(C)C(=O)O)cc1O. The molecule has 0 bridgehead atoms. The number of phenolic OH excluding ortho intramolecular Hbond substituents is 1. The summed E-state index contributed by atoms with van der Waals surface area (Å²) >= 11 is 3.32. The van der Waals surface area contributed by atoms with E-state index in [9.17, 15) is 9.90 Å². The zero-order valence-electron chi connectivity index (χ0n) is 9.03. The van der Waals surface area contributed by atoms with Crippen molar-refractivity contribution >= 4 is 21.9 Å². The van der Waals surface area contributed by atoms with Crippen molar-refractivity contribution in [2.75, 3.05) is 7.11 Å². The third-order valence-corrected chi connectivity index (χ3v) is 3.03. The largest absolute Gasteiger partial charge is 0.504 e. The van der Waals surface area contributed by atoms with Crippen molar-refractivity contribution in [1.82, 2.24) is 0 Å². The van der Waals surface area contributed by atoms with Crippen molar-refractivity contribution in [3.8, 4) is 11.5 Å². The Balaban J connectivity index is 2.98. The Labute approximate surface area is 102 Å². The molecule has 1 aromatic carbocycles. The van der Waals surface area contributed by atoms with E-state index in [2.05, 4.69) is 15.9 Å². The predicted octanol–water partition coefficient (Wildman–Crippen LogP) is 2.43. The van der Waals surface area contributed by atoms with Crippen molar-refractivity contribution in [3.63, 3.8) is 0 Å². The first kappa shape index (κ1) is 12.8. The fraction of sp³-hybridized carbons (Fsp3) is 0.364. The summed E-state index contributed by atoms with van der Waals surface area (Å²) in [5.41, 5.74) is 0.744. The standard InChI is InChI=1S/C11H13BrO4/c1-6(11(14)15)3-7-4-9(13)10(16-2)5-8(7)12/h4-6,13H,3H2,1-2H3,(H,14,15). The Hall–Kier alpha value is -1.23. The lowest BCUT2D eigenvalue weighted by molar-refractivity contribution is -0.141. The first-order valence-electron chi connectivity index (χ1n) is 4.74. The van der Waals surface area contributed by atoms with Crippen LogP contribution in [0, 0.1) is 5.92 Å². The molecule has 0 radical (unpaired) electrons. The Morgan fingerprint density at radius 2 is 2.19 bits per heavy atom. The Kier molecular flexibility index (Phi) is 4.18. The number of rotatable bonds is 4. The molecule has 2 N–H and O–H groups in total. The van der Waals surface area contributed by atoms with E-state index in [1.165, 1.54) is 13.2 Å². The molecule has 16 heavy (non-hydrogen) atoms. The van der Waals surface area contributed by atoms with Crippen LogP contribution >= 0.6 is 15.9 Å². The van der Waals surface area contributed by atoms with Gasteiger partial charge in [-0.25, -0.2) is 0 Å². The normalized spacial score (nSPS) is 12.2. The molecule has 0 saturated heterocycles. The molecule has 0 amide bonds. The van der Waals surface area contributed by atoms with Crippen LogP contribution in [0.1, 0.15) is 12.5 Å². The molecule has 1 atom stereocenters. The second kappa shape index (κ2) is 5.21. The average Bonchev–Trinajstić information content (AvgIpc) is 2.22. The second-order valence-electron chi connectivity index (χ2n) is 3.56. The van der Waals surface area contributed by atoms with Gasteiger partial charge in [-0.3, -0.25) is 4.79 Å². The van der Waals surface area contributed by atoms with Crippen molar-refractivity contribution in [3.05, 3.63) is 22.2 Å². The molecule has 1 aromatic rings. The average molecular weight is 289 g/mol. The Bertz CT molecular complexity index is 403. The number of benzene rings is 1. The highest BCUT2D eigenvalue weighted by Crippen LogP contribution is 2.33. The number of carboxylic acids is 1. The summed E-state index contributed by atoms with van der Waals surface area (Å²) in [6, 6.07) is 3.14. The molecule has 4 nitrogen and oxygen atoms in total. The molecule has 0 heterocycles. The zero-order chi connectivity index (χ0) is 12.3. The van der Waals surface area contributed by atoms with Crippen LogP contribution in [-0.4, -0.2) is 23.3 Å². The van der Waals surface area contributed by atoms with E-state index in [-0.39, 0.29) is 5.75 Å². The van der Waals surface area contributed by atoms with Crippen molar-refractivity contribution in [2.24, 2.45) is 5.92 Å². The lowest BCUT2D eigenvalue weighted by Gasteiger charge is -2.11. The summed E-state index contributed by atoms with van der Waals surface area (Å²) in [6.07, 6.45) is 0.355. The molecule has 88 valence electrons. The third kappa shape index (κ3) is 2.88. The van der Waals surface area contributed by atoms with E-state index in [1.54, 1.807) is 13.0 Å². The summed E-state index contributed by atoms with van der Waals surface area (Å²) in [5.74, 6) is -0.983. The number of carbonyl (C=O) groups is 1. The van der Waals surface area contributed by atoms with Gasteiger partial charge < -0.3 is 14.9 Å². The minimum absolute atomic E-state index is 0.0123. The summed E-state index contributed by atoms with van der Waals surface area (Å²) in [7, 11) is 1.46. The summed E-state index contributed by atoms with van der Waals surface area (Å²) < 4.78 is 5.67. The molecule has 0 aliphatic heterocycles. The molecular weight excluding hydrogens is 276 g/mol. The number of methoxy groups -OCH3 is 1. The number of aliphatic carboxylic acids is 1. The van der Waals surface area contributed by atoms with Gasteiger partial charge in [0.05, 0.1) is 13.0 Å². The molecule has 1 unspecified atom stereocenters. The predicted molar refractivity (Wildman–Crippen MR) is 62.9 cm³/mol. The van der Waals surface area contributed by atoms with E-state index >= 15 is 0 Å². The Morgan fingerprint density at radius 3 is 2.69 bits per heavy atom. The van der Waals surface area contributed by atoms with Crippen molar-refractivity contribution < 1.29 is 19.7 Å². The van der Waals surface area contributed by atoms with Gasteiger partial charge in [0.25, 0.3) is 0 Å². The minimum Gasteiger partial charge on any atom is -0.504 e. The van der Waals surface area contributed by atoms with Gasteiger partial charge in [0.2, 0.25) is 0 Å². The number of aromatic hydroxyl groups is 1. The van der Waals surface area contributed by atoms with E-state index in [0.29, 0.717) is 12.2 Å². The van der Waals surface area contributed by atoms with Gasteiger partial charge in [0, 0.05) is 4.47 Å². The molecule has 0 spiro atoms. The van der Waals surface area contributed by atoms with Crippen LogP contribution in [0.15, 0.2) is 16.6 Å². The van der Waals surface area contributed by atoms with E-state index in [4.69, 9.17) is 9.84 Å². The van der Waals surface area contributed by atoms with Crippen LogP contribution in [0.5, 0.6) is 11.5 Å². The monoisotopic (exact) mass is 288 g/mol. The molecule has 1 rings (SSSR count). The lowest BCUT2D eigenvalue weighted by atomic mass is 10.0.